The fourth-order valence-electron chi connectivity index (χ4n) is 3.43. The number of hydrogen-bond donors (Lipinski definition) is 0. The molecule has 4 rings (SSSR count). The quantitative estimate of drug-likeness (QED) is 0.297. The van der Waals surface area contributed by atoms with Crippen LogP contribution < -0.4 is 4.74 Å². The molecular formula is C24H20N2O3. The average Bonchev–Trinajstić information content (AvgIpc) is 3.14. The van der Waals surface area contributed by atoms with Gasteiger partial charge in [0.15, 0.2) is 0 Å². The Labute approximate surface area is 169 Å². The monoisotopic (exact) mass is 384 g/mol. The minimum absolute atomic E-state index is 0.0628. The highest BCUT2D eigenvalue weighted by atomic mass is 16.6. The first-order chi connectivity index (χ1) is 14.2. The van der Waals surface area contributed by atoms with Crippen LogP contribution in [0.5, 0.6) is 5.75 Å². The molecule has 3 aromatic carbocycles. The SMILES string of the molecule is CCOc1cc(-c2ccccc2)n(-c2ccccc2)c1-c1ccc([N+](=O)[O-])cc1. The van der Waals surface area contributed by atoms with E-state index in [1.165, 1.54) is 12.1 Å². The molecule has 0 aliphatic carbocycles. The minimum atomic E-state index is -0.390. The summed E-state index contributed by atoms with van der Waals surface area (Å²) in [7, 11) is 0. The molecule has 0 fully saturated rings. The van der Waals surface area contributed by atoms with Crippen molar-refractivity contribution in [3.63, 3.8) is 0 Å². The van der Waals surface area contributed by atoms with E-state index < -0.39 is 4.92 Å². The van der Waals surface area contributed by atoms with E-state index in [1.54, 1.807) is 12.1 Å². The molecule has 1 heterocycles. The van der Waals surface area contributed by atoms with Gasteiger partial charge in [-0.05, 0) is 36.8 Å². The normalized spacial score (nSPS) is 10.7. The van der Waals surface area contributed by atoms with E-state index in [9.17, 15) is 10.1 Å². The number of aromatic nitrogens is 1. The zero-order valence-electron chi connectivity index (χ0n) is 16.0. The van der Waals surface area contributed by atoms with Crippen molar-refractivity contribution >= 4 is 5.69 Å². The van der Waals surface area contributed by atoms with Gasteiger partial charge in [0.2, 0.25) is 0 Å². The first-order valence-electron chi connectivity index (χ1n) is 9.43. The molecule has 0 saturated carbocycles. The molecule has 29 heavy (non-hydrogen) atoms. The summed E-state index contributed by atoms with van der Waals surface area (Å²) in [5, 5.41) is 11.1. The van der Waals surface area contributed by atoms with Crippen LogP contribution in [0, 0.1) is 10.1 Å². The number of hydrogen-bond acceptors (Lipinski definition) is 3. The summed E-state index contributed by atoms with van der Waals surface area (Å²) in [6, 6.07) is 28.8. The molecule has 0 amide bonds. The zero-order chi connectivity index (χ0) is 20.2. The van der Waals surface area contributed by atoms with Gasteiger partial charge >= 0.3 is 0 Å². The highest BCUT2D eigenvalue weighted by Crippen LogP contribution is 2.40. The Morgan fingerprint density at radius 2 is 1.48 bits per heavy atom. The van der Waals surface area contributed by atoms with Crippen LogP contribution >= 0.6 is 0 Å². The van der Waals surface area contributed by atoms with E-state index in [-0.39, 0.29) is 5.69 Å². The molecule has 1 aromatic heterocycles. The molecule has 0 N–H and O–H groups in total. The first kappa shape index (κ1) is 18.5. The van der Waals surface area contributed by atoms with Gasteiger partial charge in [-0.1, -0.05) is 48.5 Å². The van der Waals surface area contributed by atoms with Crippen molar-refractivity contribution in [3.8, 4) is 34.0 Å². The third-order valence-electron chi connectivity index (χ3n) is 4.70. The summed E-state index contributed by atoms with van der Waals surface area (Å²) < 4.78 is 8.12. The van der Waals surface area contributed by atoms with Crippen LogP contribution in [0.2, 0.25) is 0 Å². The van der Waals surface area contributed by atoms with Crippen LogP contribution in [0.1, 0.15) is 6.92 Å². The third-order valence-corrected chi connectivity index (χ3v) is 4.70. The van der Waals surface area contributed by atoms with E-state index in [4.69, 9.17) is 4.74 Å². The molecule has 0 radical (unpaired) electrons. The lowest BCUT2D eigenvalue weighted by Crippen LogP contribution is -2.01. The first-order valence-corrected chi connectivity index (χ1v) is 9.43. The van der Waals surface area contributed by atoms with E-state index >= 15 is 0 Å². The Bertz CT molecular complexity index is 1120. The van der Waals surface area contributed by atoms with Gasteiger partial charge in [-0.2, -0.15) is 0 Å². The van der Waals surface area contributed by atoms with Crippen LogP contribution in [0.4, 0.5) is 5.69 Å². The number of nitro groups is 1. The van der Waals surface area contributed by atoms with Crippen molar-refractivity contribution in [2.45, 2.75) is 6.92 Å². The maximum absolute atomic E-state index is 11.1. The van der Waals surface area contributed by atoms with Gasteiger partial charge in [-0.15, -0.1) is 0 Å². The molecular weight excluding hydrogens is 364 g/mol. The Morgan fingerprint density at radius 3 is 2.07 bits per heavy atom. The molecule has 0 aliphatic rings. The standard InChI is InChI=1S/C24H20N2O3/c1-2-29-23-17-22(18-9-5-3-6-10-18)25(20-11-7-4-8-12-20)24(23)19-13-15-21(16-14-19)26(27)28/h3-17H,2H2,1H3. The van der Waals surface area contributed by atoms with Crippen LogP contribution in [-0.2, 0) is 0 Å². The lowest BCUT2D eigenvalue weighted by atomic mass is 10.1. The molecule has 0 saturated heterocycles. The van der Waals surface area contributed by atoms with Crippen molar-refractivity contribution in [3.05, 3.63) is 101 Å². The van der Waals surface area contributed by atoms with Crippen molar-refractivity contribution in [2.24, 2.45) is 0 Å². The smallest absolute Gasteiger partial charge is 0.269 e. The molecule has 5 heteroatoms. The minimum Gasteiger partial charge on any atom is -0.492 e. The van der Waals surface area contributed by atoms with Crippen LogP contribution in [0.25, 0.3) is 28.2 Å². The van der Waals surface area contributed by atoms with E-state index in [0.29, 0.717) is 6.61 Å². The summed E-state index contributed by atoms with van der Waals surface area (Å²) in [5.74, 6) is 0.740. The Hall–Kier alpha value is -3.86. The molecule has 4 aromatic rings. The lowest BCUT2D eigenvalue weighted by molar-refractivity contribution is -0.384. The number of para-hydroxylation sites is 1. The number of nitrogens with zero attached hydrogens (tertiary/aromatic N) is 2. The van der Waals surface area contributed by atoms with E-state index in [2.05, 4.69) is 16.7 Å². The number of non-ortho nitro benzene ring substituents is 1. The van der Waals surface area contributed by atoms with E-state index in [0.717, 1.165) is 34.0 Å². The number of nitro benzene ring substituents is 1. The maximum atomic E-state index is 11.1. The predicted octanol–water partition coefficient (Wildman–Crippen LogP) is 6.12. The lowest BCUT2D eigenvalue weighted by Gasteiger charge is -2.15. The molecule has 0 aliphatic heterocycles. The molecule has 0 bridgehead atoms. The summed E-state index contributed by atoms with van der Waals surface area (Å²) in [6.45, 7) is 2.47. The highest BCUT2D eigenvalue weighted by Gasteiger charge is 2.21. The van der Waals surface area contributed by atoms with Crippen LogP contribution in [-0.4, -0.2) is 16.1 Å². The number of rotatable bonds is 6. The number of ether oxygens (including phenoxy) is 1. The van der Waals surface area contributed by atoms with Crippen LogP contribution in [0.15, 0.2) is 91.0 Å². The Balaban J connectivity index is 2.00. The molecule has 144 valence electrons. The van der Waals surface area contributed by atoms with Gasteiger partial charge in [-0.25, -0.2) is 0 Å². The second-order valence-electron chi connectivity index (χ2n) is 6.52. The second-order valence-corrected chi connectivity index (χ2v) is 6.52. The summed E-state index contributed by atoms with van der Waals surface area (Å²) in [6.07, 6.45) is 0. The fraction of sp³-hybridized carbons (Fsp3) is 0.0833. The van der Waals surface area contributed by atoms with E-state index in [1.807, 2.05) is 61.5 Å². The predicted molar refractivity (Wildman–Crippen MR) is 114 cm³/mol. The van der Waals surface area contributed by atoms with Gasteiger partial charge < -0.3 is 9.30 Å². The summed E-state index contributed by atoms with van der Waals surface area (Å²) in [5.41, 5.74) is 4.83. The second kappa shape index (κ2) is 8.02. The maximum Gasteiger partial charge on any atom is 0.269 e. The Morgan fingerprint density at radius 1 is 0.862 bits per heavy atom. The average molecular weight is 384 g/mol. The molecule has 5 nitrogen and oxygen atoms in total. The van der Waals surface area contributed by atoms with Gasteiger partial charge in [0.05, 0.1) is 22.9 Å². The third kappa shape index (κ3) is 3.62. The van der Waals surface area contributed by atoms with Gasteiger partial charge in [-0.3, -0.25) is 10.1 Å². The van der Waals surface area contributed by atoms with Crippen molar-refractivity contribution in [2.75, 3.05) is 6.61 Å². The largest absolute Gasteiger partial charge is 0.492 e. The van der Waals surface area contributed by atoms with Crippen molar-refractivity contribution in [1.29, 1.82) is 0 Å². The van der Waals surface area contributed by atoms with Gasteiger partial charge in [0.25, 0.3) is 5.69 Å². The van der Waals surface area contributed by atoms with Crippen molar-refractivity contribution < 1.29 is 9.66 Å². The summed E-state index contributed by atoms with van der Waals surface area (Å²) in [4.78, 5) is 10.7. The van der Waals surface area contributed by atoms with Crippen LogP contribution in [0.3, 0.4) is 0 Å². The highest BCUT2D eigenvalue weighted by molar-refractivity contribution is 5.79. The number of benzene rings is 3. The molecule has 0 atom stereocenters. The fourth-order valence-corrected chi connectivity index (χ4v) is 3.43. The topological polar surface area (TPSA) is 57.3 Å². The van der Waals surface area contributed by atoms with Gasteiger partial charge in [0.1, 0.15) is 5.75 Å². The zero-order valence-corrected chi connectivity index (χ0v) is 16.0. The Kier molecular flexibility index (Phi) is 5.12. The van der Waals surface area contributed by atoms with Gasteiger partial charge in [0, 0.05) is 29.4 Å². The molecule has 0 unspecified atom stereocenters. The molecule has 0 spiro atoms. The summed E-state index contributed by atoms with van der Waals surface area (Å²) >= 11 is 0. The van der Waals surface area contributed by atoms with Crippen molar-refractivity contribution in [1.82, 2.24) is 4.57 Å².